The molecule has 0 nitrogen and oxygen atoms in total. The van der Waals surface area contributed by atoms with Gasteiger partial charge in [0, 0.05) is 0 Å². The summed E-state index contributed by atoms with van der Waals surface area (Å²) in [6.45, 7) is 0. The van der Waals surface area contributed by atoms with Gasteiger partial charge in [0.1, 0.15) is 0 Å². The van der Waals surface area contributed by atoms with Crippen LogP contribution in [-0.2, 0) is 44.9 Å². The van der Waals surface area contributed by atoms with Crippen LogP contribution in [0.15, 0.2) is 290 Å². The molecule has 0 saturated heterocycles. The molecule has 0 amide bonds. The Kier molecular flexibility index (Phi) is 14.6. The predicted octanol–water partition coefficient (Wildman–Crippen LogP) is 14.7. The highest BCUT2D eigenvalue weighted by molar-refractivity contribution is 7.16. The minimum atomic E-state index is -3.31. The van der Waals surface area contributed by atoms with Crippen LogP contribution in [-0.4, -0.2) is 8.07 Å². The molecule has 0 spiro atoms. The van der Waals surface area contributed by atoms with Gasteiger partial charge in [0.15, 0.2) is 8.07 Å². The highest BCUT2D eigenvalue weighted by Gasteiger charge is 2.46. The molecule has 73 heavy (non-hydrogen) atoms. The molecule has 0 heterocycles. The highest BCUT2D eigenvalue weighted by atomic mass is 28.3. The van der Waals surface area contributed by atoms with Crippen molar-refractivity contribution in [2.45, 2.75) is 51.4 Å². The van der Waals surface area contributed by atoms with Crippen molar-refractivity contribution >= 4 is 23.6 Å². The fraction of sp³-hybridized carbons (Fsp3) is 0.111. The van der Waals surface area contributed by atoms with E-state index in [0.29, 0.717) is 0 Å². The first kappa shape index (κ1) is 47.2. The summed E-state index contributed by atoms with van der Waals surface area (Å²) in [5.41, 5.74) is 18.9. The second kappa shape index (κ2) is 22.5. The molecule has 0 unspecified atom stereocenters. The number of allylic oxidation sites excluding steroid dienone is 4. The second-order valence-corrected chi connectivity index (χ2v) is 23.9. The van der Waals surface area contributed by atoms with E-state index >= 15 is 0 Å². The van der Waals surface area contributed by atoms with E-state index in [4.69, 9.17) is 0 Å². The Hall–Kier alpha value is -8.10. The van der Waals surface area contributed by atoms with E-state index in [1.165, 1.54) is 98.7 Å². The third-order valence-electron chi connectivity index (χ3n) is 14.6. The SMILES string of the molecule is C1=C(Cc2ccccc2)C([Si](c2cc(Cc3ccccc3)cc(Cc3ccccc3)c2)(c2cc(Cc3ccccc3)cc(Cc3ccccc3)c2)c2cc(Cc3ccccc3)cc(Cc3ccccc3)c2)=CC1. The highest BCUT2D eigenvalue weighted by Crippen LogP contribution is 2.34. The lowest BCUT2D eigenvalue weighted by Crippen LogP contribution is -2.69. The maximum Gasteiger partial charge on any atom is 0.179 e. The number of hydrogen-bond donors (Lipinski definition) is 0. The first-order valence-corrected chi connectivity index (χ1v) is 28.2. The summed E-state index contributed by atoms with van der Waals surface area (Å²) in [4.78, 5) is 0. The van der Waals surface area contributed by atoms with E-state index in [-0.39, 0.29) is 0 Å². The van der Waals surface area contributed by atoms with Crippen molar-refractivity contribution in [1.29, 1.82) is 0 Å². The van der Waals surface area contributed by atoms with Crippen LogP contribution in [0.5, 0.6) is 0 Å². The number of hydrogen-bond acceptors (Lipinski definition) is 0. The second-order valence-electron chi connectivity index (χ2n) is 20.1. The lowest BCUT2D eigenvalue weighted by molar-refractivity contribution is 1.14. The minimum Gasteiger partial charge on any atom is -0.0801 e. The van der Waals surface area contributed by atoms with Crippen LogP contribution in [0.1, 0.15) is 78.7 Å². The largest absolute Gasteiger partial charge is 0.179 e. The van der Waals surface area contributed by atoms with E-state index in [0.717, 1.165) is 51.4 Å². The van der Waals surface area contributed by atoms with Crippen LogP contribution in [0.3, 0.4) is 0 Å². The van der Waals surface area contributed by atoms with Crippen LogP contribution >= 0.6 is 0 Å². The lowest BCUT2D eigenvalue weighted by atomic mass is 9.99. The summed E-state index contributed by atoms with van der Waals surface area (Å²) in [5, 5.41) is 5.86. The average molecular weight is 955 g/mol. The topological polar surface area (TPSA) is 0 Å². The van der Waals surface area contributed by atoms with Crippen LogP contribution in [0.2, 0.25) is 0 Å². The van der Waals surface area contributed by atoms with E-state index in [1.54, 1.807) is 0 Å². The van der Waals surface area contributed by atoms with Crippen molar-refractivity contribution in [3.63, 3.8) is 0 Å². The first-order valence-electron chi connectivity index (χ1n) is 26.2. The molecular weight excluding hydrogens is 893 g/mol. The molecule has 0 aromatic heterocycles. The Labute approximate surface area is 434 Å². The van der Waals surface area contributed by atoms with Gasteiger partial charge in [-0.25, -0.2) is 0 Å². The number of benzene rings is 10. The maximum absolute atomic E-state index is 3.31. The zero-order valence-electron chi connectivity index (χ0n) is 41.7. The Bertz CT molecular complexity index is 2960. The van der Waals surface area contributed by atoms with Crippen LogP contribution in [0.25, 0.3) is 0 Å². The first-order chi connectivity index (χ1) is 36.1. The molecule has 0 N–H and O–H groups in total. The summed E-state index contributed by atoms with van der Waals surface area (Å²) >= 11 is 0. The molecule has 10 aromatic carbocycles. The normalized spacial score (nSPS) is 12.3. The number of rotatable bonds is 18. The van der Waals surface area contributed by atoms with Crippen molar-refractivity contribution in [2.24, 2.45) is 0 Å². The zero-order chi connectivity index (χ0) is 49.1. The molecule has 0 radical (unpaired) electrons. The summed E-state index contributed by atoms with van der Waals surface area (Å²) in [6, 6.07) is 101. The molecule has 0 bridgehead atoms. The monoisotopic (exact) mass is 954 g/mol. The summed E-state index contributed by atoms with van der Waals surface area (Å²) in [6.07, 6.45) is 12.1. The summed E-state index contributed by atoms with van der Waals surface area (Å²) in [5.74, 6) is 0. The standard InChI is InChI=1S/C72H62Si/c1-8-23-55(24-9-1)39-62-45-63(40-56-25-10-2-11-26-56)50-69(49-62)73(72-38-22-37-68(72)48-61-35-20-7-21-36-61,70-51-64(41-57-27-12-3-13-28-57)46-65(52-70)42-58-29-14-4-15-30-58)71-53-66(43-59-31-16-5-17-32-59)47-67(54-71)44-60-33-18-6-19-34-60/h1-21,23-38,45-47,49-54H,22,39-44,48H2. The Morgan fingerprint density at radius 2 is 0.438 bits per heavy atom. The van der Waals surface area contributed by atoms with E-state index < -0.39 is 8.07 Å². The van der Waals surface area contributed by atoms with Gasteiger partial charge in [-0.2, -0.15) is 0 Å². The fourth-order valence-electron chi connectivity index (χ4n) is 11.4. The van der Waals surface area contributed by atoms with Gasteiger partial charge in [-0.1, -0.05) is 279 Å². The van der Waals surface area contributed by atoms with E-state index in [2.05, 4.69) is 279 Å². The predicted molar refractivity (Wildman–Crippen MR) is 310 cm³/mol. The summed E-state index contributed by atoms with van der Waals surface area (Å²) in [7, 11) is -3.31. The maximum atomic E-state index is 2.65. The molecule has 1 heteroatoms. The Balaban J connectivity index is 1.24. The molecule has 0 atom stereocenters. The fourth-order valence-corrected chi connectivity index (χ4v) is 16.9. The molecule has 10 aromatic rings. The molecule has 0 fully saturated rings. The molecular formula is C72H62Si. The molecule has 1 aliphatic carbocycles. The van der Waals surface area contributed by atoms with Gasteiger partial charge in [-0.15, -0.1) is 0 Å². The smallest absolute Gasteiger partial charge is 0.0801 e. The summed E-state index contributed by atoms with van der Waals surface area (Å²) < 4.78 is 0. The van der Waals surface area contributed by atoms with Gasteiger partial charge in [0.2, 0.25) is 0 Å². The third-order valence-corrected chi connectivity index (χ3v) is 19.4. The van der Waals surface area contributed by atoms with Gasteiger partial charge in [-0.05, 0) is 150 Å². The molecule has 1 aliphatic rings. The van der Waals surface area contributed by atoms with Crippen molar-refractivity contribution in [3.05, 3.63) is 362 Å². The minimum absolute atomic E-state index is 0.854. The van der Waals surface area contributed by atoms with Gasteiger partial charge in [0.25, 0.3) is 0 Å². The van der Waals surface area contributed by atoms with Crippen LogP contribution in [0.4, 0.5) is 0 Å². The average Bonchev–Trinajstić information content (AvgIpc) is 3.88. The van der Waals surface area contributed by atoms with E-state index in [1.807, 2.05) is 0 Å². The third kappa shape index (κ3) is 11.5. The van der Waals surface area contributed by atoms with Crippen molar-refractivity contribution in [2.75, 3.05) is 0 Å². The van der Waals surface area contributed by atoms with Crippen LogP contribution in [0, 0.1) is 0 Å². The lowest BCUT2D eigenvalue weighted by Gasteiger charge is -2.38. The van der Waals surface area contributed by atoms with Crippen molar-refractivity contribution < 1.29 is 0 Å². The van der Waals surface area contributed by atoms with Crippen LogP contribution < -0.4 is 15.6 Å². The molecule has 0 aliphatic heterocycles. The van der Waals surface area contributed by atoms with Gasteiger partial charge in [-0.3, -0.25) is 0 Å². The zero-order valence-corrected chi connectivity index (χ0v) is 42.7. The molecule has 0 saturated carbocycles. The quantitative estimate of drug-likeness (QED) is 0.0594. The Morgan fingerprint density at radius 3 is 0.671 bits per heavy atom. The van der Waals surface area contributed by atoms with E-state index in [9.17, 15) is 0 Å². The van der Waals surface area contributed by atoms with Gasteiger partial charge < -0.3 is 0 Å². The Morgan fingerprint density at radius 1 is 0.219 bits per heavy atom. The van der Waals surface area contributed by atoms with Gasteiger partial charge in [0.05, 0.1) is 0 Å². The molecule has 354 valence electrons. The van der Waals surface area contributed by atoms with Crippen molar-refractivity contribution in [1.82, 2.24) is 0 Å². The van der Waals surface area contributed by atoms with Crippen molar-refractivity contribution in [3.8, 4) is 0 Å². The molecule has 11 rings (SSSR count). The van der Waals surface area contributed by atoms with Gasteiger partial charge >= 0.3 is 0 Å².